The first-order valence-corrected chi connectivity index (χ1v) is 35.1. The molecule has 19 heteroatoms. The van der Waals surface area contributed by atoms with Crippen LogP contribution in [0.4, 0.5) is 0 Å². The van der Waals surface area contributed by atoms with Gasteiger partial charge in [0.15, 0.2) is 18.9 Å². The normalized spacial score (nSPS) is 28.7. The molecule has 0 spiro atoms. The Hall–Kier alpha value is -1.73. The van der Waals surface area contributed by atoms with Gasteiger partial charge in [-0.2, -0.15) is 0 Å². The summed E-state index contributed by atoms with van der Waals surface area (Å²) in [5.41, 5.74) is 0. The first-order valence-electron chi connectivity index (χ1n) is 35.1. The van der Waals surface area contributed by atoms with Crippen molar-refractivity contribution in [1.82, 2.24) is 5.32 Å². The molecule has 17 atom stereocenters. The van der Waals surface area contributed by atoms with E-state index in [0.717, 1.165) is 38.5 Å². The van der Waals surface area contributed by atoms with Crippen LogP contribution in [0.25, 0.3) is 0 Å². The Kier molecular flexibility index (Phi) is 46.4. The zero-order chi connectivity index (χ0) is 63.3. The molecule has 3 saturated heterocycles. The van der Waals surface area contributed by atoms with Crippen molar-refractivity contribution >= 4 is 5.91 Å². The van der Waals surface area contributed by atoms with Crippen molar-refractivity contribution in [3.63, 3.8) is 0 Å². The Labute approximate surface area is 524 Å². The molecule has 3 aliphatic heterocycles. The summed E-state index contributed by atoms with van der Waals surface area (Å²) in [6, 6.07) is -0.986. The molecule has 512 valence electrons. The molecule has 12 N–H and O–H groups in total. The topological polar surface area (TPSA) is 307 Å². The van der Waals surface area contributed by atoms with Gasteiger partial charge in [0.1, 0.15) is 73.2 Å². The van der Waals surface area contributed by atoms with Crippen LogP contribution in [0, 0.1) is 0 Å². The number of unbranched alkanes of at least 4 members (excludes halogenated alkanes) is 36. The van der Waals surface area contributed by atoms with Gasteiger partial charge >= 0.3 is 0 Å². The molecule has 87 heavy (non-hydrogen) atoms. The van der Waals surface area contributed by atoms with E-state index in [2.05, 4.69) is 31.3 Å². The van der Waals surface area contributed by atoms with Gasteiger partial charge in [0.2, 0.25) is 5.91 Å². The quantitative estimate of drug-likeness (QED) is 0.0200. The van der Waals surface area contributed by atoms with Crippen LogP contribution < -0.4 is 5.32 Å². The van der Waals surface area contributed by atoms with Crippen LogP contribution in [0.1, 0.15) is 271 Å². The van der Waals surface area contributed by atoms with E-state index in [1.54, 1.807) is 6.08 Å². The third-order valence-corrected chi connectivity index (χ3v) is 17.8. The van der Waals surface area contributed by atoms with Crippen LogP contribution in [0.5, 0.6) is 0 Å². The smallest absolute Gasteiger partial charge is 0.220 e. The fourth-order valence-electron chi connectivity index (χ4n) is 12.0. The lowest BCUT2D eigenvalue weighted by Gasteiger charge is -2.48. The van der Waals surface area contributed by atoms with E-state index in [0.29, 0.717) is 12.8 Å². The molecule has 17 unspecified atom stereocenters. The number of allylic oxidation sites excluding steroid dienone is 3. The number of aliphatic hydroxyl groups excluding tert-OH is 11. The number of nitrogens with one attached hydrogen (secondary N) is 1. The molecule has 0 aromatic rings. The number of rotatable bonds is 54. The largest absolute Gasteiger partial charge is 0.394 e. The number of hydrogen-bond acceptors (Lipinski definition) is 18. The molecule has 19 nitrogen and oxygen atoms in total. The van der Waals surface area contributed by atoms with Crippen molar-refractivity contribution in [2.75, 3.05) is 26.4 Å². The van der Waals surface area contributed by atoms with Gasteiger partial charge in [0, 0.05) is 6.42 Å². The average Bonchev–Trinajstić information content (AvgIpc) is 2.56. The zero-order valence-electron chi connectivity index (χ0n) is 54.0. The number of ether oxygens (including phenoxy) is 6. The van der Waals surface area contributed by atoms with Crippen LogP contribution in [0.3, 0.4) is 0 Å². The van der Waals surface area contributed by atoms with Crippen molar-refractivity contribution in [3.8, 4) is 0 Å². The van der Waals surface area contributed by atoms with E-state index >= 15 is 0 Å². The summed E-state index contributed by atoms with van der Waals surface area (Å²) in [5, 5.41) is 120. The minimum absolute atomic E-state index is 0.240. The summed E-state index contributed by atoms with van der Waals surface area (Å²) < 4.78 is 34.3. The molecule has 0 aliphatic carbocycles. The van der Waals surface area contributed by atoms with Gasteiger partial charge in [-0.05, 0) is 32.1 Å². The van der Waals surface area contributed by atoms with Crippen molar-refractivity contribution < 1.29 is 89.4 Å². The van der Waals surface area contributed by atoms with Crippen LogP contribution in [-0.4, -0.2) is 193 Å². The van der Waals surface area contributed by atoms with E-state index in [9.17, 15) is 61.0 Å². The maximum atomic E-state index is 13.4. The summed E-state index contributed by atoms with van der Waals surface area (Å²) in [7, 11) is 0. The molecule has 3 rings (SSSR count). The van der Waals surface area contributed by atoms with Crippen molar-refractivity contribution in [2.24, 2.45) is 0 Å². The zero-order valence-corrected chi connectivity index (χ0v) is 54.0. The van der Waals surface area contributed by atoms with E-state index in [-0.39, 0.29) is 18.9 Å². The highest BCUT2D eigenvalue weighted by Crippen LogP contribution is 2.33. The van der Waals surface area contributed by atoms with Crippen LogP contribution in [0.2, 0.25) is 0 Å². The Morgan fingerprint density at radius 2 is 0.736 bits per heavy atom. The van der Waals surface area contributed by atoms with Gasteiger partial charge in [-0.25, -0.2) is 0 Å². The van der Waals surface area contributed by atoms with Crippen LogP contribution in [-0.2, 0) is 33.2 Å². The SMILES string of the molecule is CCCCCCCCC/C=C/CC/C=C/C(O)C(COC1OC(CO)C(OC2OC(CO)C(OC3OC(CO)C(O)C(O)C3O)C(O)C2O)C(O)C1O)NC(=O)CCCCCCCCCCCCCCCCCCCCCCCCCCCCCCC. The molecule has 1 amide bonds. The summed E-state index contributed by atoms with van der Waals surface area (Å²) in [5.74, 6) is -0.281. The Bertz CT molecular complexity index is 1680. The first-order chi connectivity index (χ1) is 42.3. The van der Waals surface area contributed by atoms with Gasteiger partial charge in [-0.1, -0.05) is 256 Å². The number of aliphatic hydroxyl groups is 11. The molecular weight excluding hydrogens is 1120 g/mol. The Morgan fingerprint density at radius 1 is 0.402 bits per heavy atom. The molecule has 3 fully saturated rings. The highest BCUT2D eigenvalue weighted by molar-refractivity contribution is 5.76. The third kappa shape index (κ3) is 33.1. The fourth-order valence-corrected chi connectivity index (χ4v) is 12.0. The molecule has 0 saturated carbocycles. The van der Waals surface area contributed by atoms with Gasteiger partial charge in [-0.15, -0.1) is 0 Å². The minimum atomic E-state index is -1.98. The van der Waals surface area contributed by atoms with E-state index < -0.39 is 124 Å². The molecule has 0 radical (unpaired) electrons. The second-order valence-electron chi connectivity index (χ2n) is 25.3. The highest BCUT2D eigenvalue weighted by Gasteiger charge is 2.53. The van der Waals surface area contributed by atoms with Gasteiger partial charge in [0.25, 0.3) is 0 Å². The van der Waals surface area contributed by atoms with Crippen LogP contribution >= 0.6 is 0 Å². The Balaban J connectivity index is 1.38. The van der Waals surface area contributed by atoms with Crippen molar-refractivity contribution in [1.29, 1.82) is 0 Å². The minimum Gasteiger partial charge on any atom is -0.394 e. The summed E-state index contributed by atoms with van der Waals surface area (Å²) in [6.45, 7) is 1.72. The monoisotopic (exact) mass is 1250 g/mol. The first kappa shape index (κ1) is 79.5. The fraction of sp³-hybridized carbons (Fsp3) is 0.926. The predicted molar refractivity (Wildman–Crippen MR) is 337 cm³/mol. The number of carbonyl (C=O) groups excluding carboxylic acids is 1. The lowest BCUT2D eigenvalue weighted by atomic mass is 9.96. The third-order valence-electron chi connectivity index (χ3n) is 17.8. The number of amides is 1. The maximum Gasteiger partial charge on any atom is 0.220 e. The summed E-state index contributed by atoms with van der Waals surface area (Å²) in [4.78, 5) is 13.4. The standard InChI is InChI=1S/C68H127NO18/c1-3-5-7-9-11-13-15-17-18-19-20-21-22-23-24-25-26-27-28-29-30-31-32-34-36-38-40-42-44-46-56(74)69-51(52(73)45-43-41-39-37-35-33-16-14-12-10-8-6-4-2)50-82-66-62(80)59(77)64(54(48-71)84-66)87-68-63(81)60(78)65(55(49-72)85-68)86-67-61(79)58(76)57(75)53(47-70)83-67/h35,37,43,45,51-55,57-68,70-73,75-81H,3-34,36,38-42,44,46-50H2,1-2H3,(H,69,74)/b37-35+,45-43+. The van der Waals surface area contributed by atoms with Gasteiger partial charge in [-0.3, -0.25) is 4.79 Å². The predicted octanol–water partition coefficient (Wildman–Crippen LogP) is 9.05. The van der Waals surface area contributed by atoms with E-state index in [1.165, 1.54) is 199 Å². The Morgan fingerprint density at radius 3 is 1.15 bits per heavy atom. The van der Waals surface area contributed by atoms with E-state index in [4.69, 9.17) is 28.4 Å². The second kappa shape index (κ2) is 50.8. The van der Waals surface area contributed by atoms with Gasteiger partial charge < -0.3 is 89.9 Å². The number of hydrogen-bond donors (Lipinski definition) is 12. The molecule has 0 aromatic heterocycles. The molecule has 0 bridgehead atoms. The molecule has 3 aliphatic rings. The summed E-state index contributed by atoms with van der Waals surface area (Å²) >= 11 is 0. The van der Waals surface area contributed by atoms with Crippen molar-refractivity contribution in [3.05, 3.63) is 24.3 Å². The highest BCUT2D eigenvalue weighted by atomic mass is 16.8. The molecule has 0 aromatic carbocycles. The molecule has 3 heterocycles. The van der Waals surface area contributed by atoms with E-state index in [1.807, 2.05) is 6.08 Å². The lowest BCUT2D eigenvalue weighted by Crippen LogP contribution is -2.66. The maximum absolute atomic E-state index is 13.4. The van der Waals surface area contributed by atoms with Crippen molar-refractivity contribution in [2.45, 2.75) is 375 Å². The van der Waals surface area contributed by atoms with Gasteiger partial charge in [0.05, 0.1) is 38.6 Å². The second-order valence-corrected chi connectivity index (χ2v) is 25.3. The molecular formula is C68H127NO18. The van der Waals surface area contributed by atoms with Crippen LogP contribution in [0.15, 0.2) is 24.3 Å². The summed E-state index contributed by atoms with van der Waals surface area (Å²) in [6.07, 6.45) is 30.4. The average molecular weight is 1250 g/mol. The number of carbonyl (C=O) groups is 1. The lowest BCUT2D eigenvalue weighted by molar-refractivity contribution is -0.379.